The minimum absolute atomic E-state index is 0.103. The molecular formula is C25H31N3O4. The number of hydrogen-bond donors (Lipinski definition) is 1. The van der Waals surface area contributed by atoms with E-state index in [4.69, 9.17) is 9.47 Å². The lowest BCUT2D eigenvalue weighted by atomic mass is 9.95. The number of aryl methyl sites for hydroxylation is 1. The highest BCUT2D eigenvalue weighted by Gasteiger charge is 2.21. The number of aromatic nitrogens is 2. The lowest BCUT2D eigenvalue weighted by molar-refractivity contribution is -0.122. The molecule has 3 rings (SSSR count). The third kappa shape index (κ3) is 5.10. The number of benzene rings is 2. The van der Waals surface area contributed by atoms with Crippen LogP contribution >= 0.6 is 0 Å². The molecule has 0 fully saturated rings. The van der Waals surface area contributed by atoms with Gasteiger partial charge in [0.05, 0.1) is 36.5 Å². The first-order chi connectivity index (χ1) is 15.3. The van der Waals surface area contributed by atoms with Gasteiger partial charge in [-0.2, -0.15) is 0 Å². The van der Waals surface area contributed by atoms with Gasteiger partial charge in [-0.25, -0.2) is 4.98 Å². The van der Waals surface area contributed by atoms with Gasteiger partial charge in [0.25, 0.3) is 5.56 Å². The van der Waals surface area contributed by atoms with Crippen molar-refractivity contribution >= 4 is 16.8 Å². The van der Waals surface area contributed by atoms with Crippen molar-refractivity contribution in [3.8, 4) is 11.5 Å². The van der Waals surface area contributed by atoms with Gasteiger partial charge < -0.3 is 14.8 Å². The minimum atomic E-state index is -0.258. The number of nitrogens with one attached hydrogen (secondary N) is 1. The third-order valence-corrected chi connectivity index (χ3v) is 5.28. The maximum absolute atomic E-state index is 12.9. The average Bonchev–Trinajstić information content (AvgIpc) is 2.76. The number of fused-ring (bicyclic) bond motifs is 1. The first-order valence-corrected chi connectivity index (χ1v) is 11.0. The van der Waals surface area contributed by atoms with Gasteiger partial charge in [-0.1, -0.05) is 32.0 Å². The molecule has 0 bridgehead atoms. The summed E-state index contributed by atoms with van der Waals surface area (Å²) in [6, 6.07) is 10.9. The molecule has 1 N–H and O–H groups in total. The molecule has 0 spiro atoms. The molecule has 32 heavy (non-hydrogen) atoms. The summed E-state index contributed by atoms with van der Waals surface area (Å²) in [7, 11) is 0. The molecule has 1 atom stereocenters. The monoisotopic (exact) mass is 437 g/mol. The van der Waals surface area contributed by atoms with E-state index in [1.54, 1.807) is 6.07 Å². The van der Waals surface area contributed by atoms with E-state index in [2.05, 4.69) is 10.3 Å². The number of carbonyl (C=O) groups is 1. The number of carbonyl (C=O) groups excluding carboxylic acids is 1. The standard InChI is InChI=1S/C25H31N3O4/c1-6-31-20-12-11-18(13-21(20)32-7-2)23(16(3)4)27-22(29)14-28-15-26-24-17(5)9-8-10-19(24)25(28)30/h8-13,15-16,23H,6-7,14H2,1-5H3,(H,27,29). The van der Waals surface area contributed by atoms with Crippen molar-refractivity contribution in [3.05, 3.63) is 64.2 Å². The Morgan fingerprint density at radius 2 is 1.81 bits per heavy atom. The van der Waals surface area contributed by atoms with Crippen molar-refractivity contribution in [1.29, 1.82) is 0 Å². The molecule has 1 unspecified atom stereocenters. The zero-order valence-corrected chi connectivity index (χ0v) is 19.3. The highest BCUT2D eigenvalue weighted by Crippen LogP contribution is 2.33. The fourth-order valence-electron chi connectivity index (χ4n) is 3.72. The largest absolute Gasteiger partial charge is 0.490 e. The molecule has 0 radical (unpaired) electrons. The molecule has 3 aromatic rings. The summed E-state index contributed by atoms with van der Waals surface area (Å²) in [6.45, 7) is 10.8. The number of amides is 1. The van der Waals surface area contributed by atoms with E-state index >= 15 is 0 Å². The van der Waals surface area contributed by atoms with Gasteiger partial charge in [-0.15, -0.1) is 0 Å². The normalized spacial score (nSPS) is 12.1. The number of rotatable bonds is 9. The van der Waals surface area contributed by atoms with Crippen LogP contribution in [0, 0.1) is 12.8 Å². The molecule has 7 heteroatoms. The van der Waals surface area contributed by atoms with Crippen LogP contribution in [0.1, 0.15) is 44.9 Å². The summed E-state index contributed by atoms with van der Waals surface area (Å²) in [6.07, 6.45) is 1.44. The molecule has 1 aromatic heterocycles. The van der Waals surface area contributed by atoms with Gasteiger partial charge in [0.2, 0.25) is 5.91 Å². The Hall–Kier alpha value is -3.35. The van der Waals surface area contributed by atoms with Gasteiger partial charge in [0, 0.05) is 0 Å². The van der Waals surface area contributed by atoms with E-state index in [0.29, 0.717) is 35.6 Å². The van der Waals surface area contributed by atoms with E-state index in [1.807, 2.05) is 65.0 Å². The Kier molecular flexibility index (Phi) is 7.51. The van der Waals surface area contributed by atoms with Crippen LogP contribution in [0.4, 0.5) is 0 Å². The number of para-hydroxylation sites is 1. The van der Waals surface area contributed by atoms with Crippen LogP contribution in [0.3, 0.4) is 0 Å². The number of nitrogens with zero attached hydrogens (tertiary/aromatic N) is 2. The number of ether oxygens (including phenoxy) is 2. The summed E-state index contributed by atoms with van der Waals surface area (Å²) >= 11 is 0. The zero-order valence-electron chi connectivity index (χ0n) is 19.3. The van der Waals surface area contributed by atoms with E-state index in [-0.39, 0.29) is 30.0 Å². The predicted octanol–water partition coefficient (Wildman–Crippen LogP) is 4.02. The average molecular weight is 438 g/mol. The Balaban J connectivity index is 1.83. The SMILES string of the molecule is CCOc1ccc(C(NC(=O)Cn2cnc3c(C)cccc3c2=O)C(C)C)cc1OCC. The molecular weight excluding hydrogens is 406 g/mol. The van der Waals surface area contributed by atoms with Crippen LogP contribution < -0.4 is 20.3 Å². The third-order valence-electron chi connectivity index (χ3n) is 5.28. The van der Waals surface area contributed by atoms with E-state index in [9.17, 15) is 9.59 Å². The predicted molar refractivity (Wildman–Crippen MR) is 125 cm³/mol. The van der Waals surface area contributed by atoms with Crippen molar-refractivity contribution in [2.45, 2.75) is 47.2 Å². The number of hydrogen-bond acceptors (Lipinski definition) is 5. The van der Waals surface area contributed by atoms with Gasteiger partial charge in [-0.3, -0.25) is 14.2 Å². The molecule has 0 aliphatic heterocycles. The van der Waals surface area contributed by atoms with Crippen LogP contribution in [-0.4, -0.2) is 28.7 Å². The Morgan fingerprint density at radius 1 is 1.09 bits per heavy atom. The van der Waals surface area contributed by atoms with Crippen molar-refractivity contribution in [2.24, 2.45) is 5.92 Å². The van der Waals surface area contributed by atoms with Gasteiger partial charge in [-0.05, 0) is 56.0 Å². The maximum atomic E-state index is 12.9. The van der Waals surface area contributed by atoms with E-state index < -0.39 is 0 Å². The van der Waals surface area contributed by atoms with Crippen LogP contribution in [0.2, 0.25) is 0 Å². The zero-order chi connectivity index (χ0) is 23.3. The first kappa shape index (κ1) is 23.3. The maximum Gasteiger partial charge on any atom is 0.261 e. The second-order valence-electron chi connectivity index (χ2n) is 8.01. The molecule has 1 amide bonds. The van der Waals surface area contributed by atoms with E-state index in [0.717, 1.165) is 11.1 Å². The van der Waals surface area contributed by atoms with Gasteiger partial charge >= 0.3 is 0 Å². The first-order valence-electron chi connectivity index (χ1n) is 11.0. The molecule has 170 valence electrons. The lowest BCUT2D eigenvalue weighted by Crippen LogP contribution is -2.36. The van der Waals surface area contributed by atoms with Crippen LogP contribution in [-0.2, 0) is 11.3 Å². The Bertz CT molecular complexity index is 1150. The minimum Gasteiger partial charge on any atom is -0.490 e. The van der Waals surface area contributed by atoms with Crippen LogP contribution in [0.15, 0.2) is 47.5 Å². The van der Waals surface area contributed by atoms with Crippen molar-refractivity contribution in [1.82, 2.24) is 14.9 Å². The fraction of sp³-hybridized carbons (Fsp3) is 0.400. The lowest BCUT2D eigenvalue weighted by Gasteiger charge is -2.24. The molecule has 2 aromatic carbocycles. The van der Waals surface area contributed by atoms with E-state index in [1.165, 1.54) is 10.9 Å². The molecule has 0 aliphatic carbocycles. The van der Waals surface area contributed by atoms with Crippen molar-refractivity contribution in [2.75, 3.05) is 13.2 Å². The summed E-state index contributed by atoms with van der Waals surface area (Å²) in [5.74, 6) is 1.19. The molecule has 7 nitrogen and oxygen atoms in total. The summed E-state index contributed by atoms with van der Waals surface area (Å²) in [5, 5.41) is 3.57. The summed E-state index contributed by atoms with van der Waals surface area (Å²) < 4.78 is 12.7. The molecule has 0 saturated heterocycles. The van der Waals surface area contributed by atoms with Crippen LogP contribution in [0.5, 0.6) is 11.5 Å². The van der Waals surface area contributed by atoms with Crippen LogP contribution in [0.25, 0.3) is 10.9 Å². The van der Waals surface area contributed by atoms with Gasteiger partial charge in [0.1, 0.15) is 6.54 Å². The smallest absolute Gasteiger partial charge is 0.261 e. The Morgan fingerprint density at radius 3 is 2.50 bits per heavy atom. The van der Waals surface area contributed by atoms with Crippen molar-refractivity contribution in [3.63, 3.8) is 0 Å². The highest BCUT2D eigenvalue weighted by atomic mass is 16.5. The van der Waals surface area contributed by atoms with Crippen molar-refractivity contribution < 1.29 is 14.3 Å². The summed E-state index contributed by atoms with van der Waals surface area (Å²) in [5.41, 5.74) is 2.28. The molecule has 1 heterocycles. The van der Waals surface area contributed by atoms with Gasteiger partial charge in [0.15, 0.2) is 11.5 Å². The quantitative estimate of drug-likeness (QED) is 0.547. The highest BCUT2D eigenvalue weighted by molar-refractivity contribution is 5.81. The Labute approximate surface area is 188 Å². The molecule has 0 saturated carbocycles. The summed E-state index contributed by atoms with van der Waals surface area (Å²) in [4.78, 5) is 30.1. The molecule has 0 aliphatic rings. The second kappa shape index (κ2) is 10.3. The second-order valence-corrected chi connectivity index (χ2v) is 8.01. The fourth-order valence-corrected chi connectivity index (χ4v) is 3.72. The topological polar surface area (TPSA) is 82.5 Å².